The number of rotatable bonds is 3. The minimum Gasteiger partial charge on any atom is -0.383 e. The quantitative estimate of drug-likeness (QED) is 0.790. The Morgan fingerprint density at radius 2 is 1.90 bits per heavy atom. The number of nitrogen functional groups attached to an aromatic ring is 1. The number of hydrogen-bond acceptors (Lipinski definition) is 4. The summed E-state index contributed by atoms with van der Waals surface area (Å²) in [4.78, 5) is 13.1. The first-order valence-electron chi connectivity index (χ1n) is 6.71. The van der Waals surface area contributed by atoms with E-state index in [2.05, 4.69) is 34.0 Å². The Labute approximate surface area is 117 Å². The third-order valence-electron chi connectivity index (χ3n) is 3.43. The summed E-state index contributed by atoms with van der Waals surface area (Å²) in [6.45, 7) is 2.06. The van der Waals surface area contributed by atoms with Crippen molar-refractivity contribution in [2.24, 2.45) is 0 Å². The van der Waals surface area contributed by atoms with E-state index in [9.17, 15) is 0 Å². The zero-order valence-corrected chi connectivity index (χ0v) is 11.4. The molecule has 0 spiro atoms. The van der Waals surface area contributed by atoms with Crippen LogP contribution in [0.1, 0.15) is 23.9 Å². The van der Waals surface area contributed by atoms with Crippen LogP contribution >= 0.6 is 0 Å². The highest BCUT2D eigenvalue weighted by atomic mass is 14.9. The molecule has 0 fully saturated rings. The van der Waals surface area contributed by atoms with Crippen molar-refractivity contribution in [2.75, 3.05) is 5.73 Å². The summed E-state index contributed by atoms with van der Waals surface area (Å²) >= 11 is 0. The van der Waals surface area contributed by atoms with Crippen molar-refractivity contribution in [3.63, 3.8) is 0 Å². The standard InChI is InChI=1S/C16H16N4/c1-2-13-15(18-10-19-16(13)17)9-12-8-7-11-5-3-4-6-14(11)20-12/h3-8,10H,2,9H2,1H3,(H2,17,18,19). The van der Waals surface area contributed by atoms with Gasteiger partial charge in [0, 0.05) is 23.1 Å². The zero-order chi connectivity index (χ0) is 13.9. The van der Waals surface area contributed by atoms with E-state index in [1.807, 2.05) is 24.3 Å². The van der Waals surface area contributed by atoms with E-state index >= 15 is 0 Å². The summed E-state index contributed by atoms with van der Waals surface area (Å²) in [5.74, 6) is 0.568. The van der Waals surface area contributed by atoms with Crippen molar-refractivity contribution < 1.29 is 0 Å². The SMILES string of the molecule is CCc1c(N)ncnc1Cc1ccc2ccccc2n1. The predicted octanol–water partition coefficient (Wildman–Crippen LogP) is 2.76. The number of pyridine rings is 1. The molecule has 0 unspecified atom stereocenters. The molecule has 0 amide bonds. The third kappa shape index (κ3) is 2.32. The van der Waals surface area contributed by atoms with Gasteiger partial charge in [-0.25, -0.2) is 9.97 Å². The average molecular weight is 264 g/mol. The number of anilines is 1. The maximum Gasteiger partial charge on any atom is 0.130 e. The molecule has 0 atom stereocenters. The predicted molar refractivity (Wildman–Crippen MR) is 80.4 cm³/mol. The highest BCUT2D eigenvalue weighted by Gasteiger charge is 2.09. The van der Waals surface area contributed by atoms with Gasteiger partial charge in [0.05, 0.1) is 11.2 Å². The van der Waals surface area contributed by atoms with E-state index in [0.717, 1.165) is 34.3 Å². The molecule has 3 aromatic rings. The fourth-order valence-corrected chi connectivity index (χ4v) is 2.38. The Hall–Kier alpha value is -2.49. The lowest BCUT2D eigenvalue weighted by Gasteiger charge is -2.08. The second-order valence-corrected chi connectivity index (χ2v) is 4.71. The molecule has 0 aliphatic carbocycles. The van der Waals surface area contributed by atoms with Gasteiger partial charge >= 0.3 is 0 Å². The number of para-hydroxylation sites is 1. The maximum atomic E-state index is 5.90. The Balaban J connectivity index is 1.99. The Bertz CT molecular complexity index is 752. The molecule has 0 saturated carbocycles. The molecule has 100 valence electrons. The molecule has 0 saturated heterocycles. The van der Waals surface area contributed by atoms with Crippen LogP contribution < -0.4 is 5.73 Å². The van der Waals surface area contributed by atoms with E-state index in [1.54, 1.807) is 0 Å². The van der Waals surface area contributed by atoms with Gasteiger partial charge in [0.1, 0.15) is 12.1 Å². The molecular formula is C16H16N4. The zero-order valence-electron chi connectivity index (χ0n) is 11.4. The summed E-state index contributed by atoms with van der Waals surface area (Å²) < 4.78 is 0. The van der Waals surface area contributed by atoms with Crippen molar-refractivity contribution >= 4 is 16.7 Å². The molecule has 2 N–H and O–H groups in total. The van der Waals surface area contributed by atoms with E-state index in [4.69, 9.17) is 5.73 Å². The van der Waals surface area contributed by atoms with Crippen LogP contribution in [0, 0.1) is 0 Å². The molecule has 0 aliphatic rings. The van der Waals surface area contributed by atoms with Crippen LogP contribution in [0.25, 0.3) is 10.9 Å². The fraction of sp³-hybridized carbons (Fsp3) is 0.188. The van der Waals surface area contributed by atoms with Crippen LogP contribution in [0.4, 0.5) is 5.82 Å². The summed E-state index contributed by atoms with van der Waals surface area (Å²) in [5, 5.41) is 1.15. The van der Waals surface area contributed by atoms with Gasteiger partial charge < -0.3 is 5.73 Å². The Morgan fingerprint density at radius 3 is 2.75 bits per heavy atom. The van der Waals surface area contributed by atoms with Crippen molar-refractivity contribution in [3.8, 4) is 0 Å². The lowest BCUT2D eigenvalue weighted by atomic mass is 10.1. The minimum atomic E-state index is 0.568. The van der Waals surface area contributed by atoms with Gasteiger partial charge in [-0.05, 0) is 18.6 Å². The summed E-state index contributed by atoms with van der Waals surface area (Å²) in [7, 11) is 0. The molecule has 2 aromatic heterocycles. The van der Waals surface area contributed by atoms with Gasteiger partial charge in [-0.1, -0.05) is 31.2 Å². The van der Waals surface area contributed by atoms with Gasteiger partial charge in [0.2, 0.25) is 0 Å². The molecule has 0 bridgehead atoms. The molecule has 2 heterocycles. The van der Waals surface area contributed by atoms with E-state index < -0.39 is 0 Å². The number of aromatic nitrogens is 3. The van der Waals surface area contributed by atoms with E-state index in [-0.39, 0.29) is 0 Å². The van der Waals surface area contributed by atoms with Crippen LogP contribution in [0.15, 0.2) is 42.7 Å². The monoisotopic (exact) mass is 264 g/mol. The topological polar surface area (TPSA) is 64.7 Å². The molecule has 0 radical (unpaired) electrons. The smallest absolute Gasteiger partial charge is 0.130 e. The van der Waals surface area contributed by atoms with Crippen molar-refractivity contribution in [2.45, 2.75) is 19.8 Å². The first kappa shape index (κ1) is 12.5. The second-order valence-electron chi connectivity index (χ2n) is 4.71. The fourth-order valence-electron chi connectivity index (χ4n) is 2.38. The summed E-state index contributed by atoms with van der Waals surface area (Å²) in [6.07, 6.45) is 3.03. The maximum absolute atomic E-state index is 5.90. The minimum absolute atomic E-state index is 0.568. The summed E-state index contributed by atoms with van der Waals surface area (Å²) in [5.41, 5.74) is 9.88. The van der Waals surface area contributed by atoms with Gasteiger partial charge in [-0.15, -0.1) is 0 Å². The molecule has 20 heavy (non-hydrogen) atoms. The Kier molecular flexibility index (Phi) is 3.29. The second kappa shape index (κ2) is 5.25. The van der Waals surface area contributed by atoms with Gasteiger partial charge in [0.15, 0.2) is 0 Å². The number of benzene rings is 1. The number of hydrogen-bond donors (Lipinski definition) is 1. The first-order chi connectivity index (χ1) is 9.78. The normalized spacial score (nSPS) is 10.8. The largest absolute Gasteiger partial charge is 0.383 e. The van der Waals surface area contributed by atoms with Crippen LogP contribution in [0.3, 0.4) is 0 Å². The lowest BCUT2D eigenvalue weighted by molar-refractivity contribution is 0.939. The highest BCUT2D eigenvalue weighted by molar-refractivity contribution is 5.78. The van der Waals surface area contributed by atoms with Crippen molar-refractivity contribution in [1.29, 1.82) is 0 Å². The number of nitrogens with two attached hydrogens (primary N) is 1. The van der Waals surface area contributed by atoms with Gasteiger partial charge in [-0.3, -0.25) is 4.98 Å². The Morgan fingerprint density at radius 1 is 1.05 bits per heavy atom. The average Bonchev–Trinajstić information content (AvgIpc) is 2.47. The lowest BCUT2D eigenvalue weighted by Crippen LogP contribution is -2.05. The molecule has 0 aliphatic heterocycles. The molecule has 4 heteroatoms. The van der Waals surface area contributed by atoms with Crippen molar-refractivity contribution in [1.82, 2.24) is 15.0 Å². The van der Waals surface area contributed by atoms with E-state index in [0.29, 0.717) is 12.2 Å². The molecule has 4 nitrogen and oxygen atoms in total. The van der Waals surface area contributed by atoms with Gasteiger partial charge in [0.25, 0.3) is 0 Å². The molecule has 1 aromatic carbocycles. The van der Waals surface area contributed by atoms with Gasteiger partial charge in [-0.2, -0.15) is 0 Å². The first-order valence-corrected chi connectivity index (χ1v) is 6.71. The molecule has 3 rings (SSSR count). The number of nitrogens with zero attached hydrogens (tertiary/aromatic N) is 3. The third-order valence-corrected chi connectivity index (χ3v) is 3.43. The van der Waals surface area contributed by atoms with Crippen LogP contribution in [-0.2, 0) is 12.8 Å². The summed E-state index contributed by atoms with van der Waals surface area (Å²) in [6, 6.07) is 12.2. The van der Waals surface area contributed by atoms with E-state index in [1.165, 1.54) is 6.33 Å². The van der Waals surface area contributed by atoms with Crippen molar-refractivity contribution in [3.05, 3.63) is 59.7 Å². The van der Waals surface area contributed by atoms with Crippen LogP contribution in [0.2, 0.25) is 0 Å². The highest BCUT2D eigenvalue weighted by Crippen LogP contribution is 2.18. The number of fused-ring (bicyclic) bond motifs is 1. The van der Waals surface area contributed by atoms with Crippen LogP contribution in [-0.4, -0.2) is 15.0 Å². The van der Waals surface area contributed by atoms with Crippen LogP contribution in [0.5, 0.6) is 0 Å². The molecular weight excluding hydrogens is 248 g/mol.